The molecule has 0 bridgehead atoms. The highest BCUT2D eigenvalue weighted by molar-refractivity contribution is 8.15. The fraction of sp³-hybridized carbons (Fsp3) is 0.500. The summed E-state index contributed by atoms with van der Waals surface area (Å²) in [5, 5.41) is 9.16. The Kier molecular flexibility index (Phi) is 5.23. The summed E-state index contributed by atoms with van der Waals surface area (Å²) in [5.41, 5.74) is 1.95. The molecule has 2 fully saturated rings. The molecule has 3 rings (SSSR count). The highest BCUT2D eigenvalue weighted by atomic mass is 32.2. The molecule has 1 aliphatic heterocycles. The van der Waals surface area contributed by atoms with Crippen molar-refractivity contribution >= 4 is 34.5 Å². The van der Waals surface area contributed by atoms with Gasteiger partial charge in [-0.1, -0.05) is 48.7 Å². The molecule has 1 amide bonds. The smallest absolute Gasteiger partial charge is 0.305 e. The number of aryl methyl sites for hydroxylation is 1. The quantitative estimate of drug-likeness (QED) is 0.902. The highest BCUT2D eigenvalue weighted by Gasteiger charge is 2.42. The van der Waals surface area contributed by atoms with Gasteiger partial charge in [0.25, 0.3) is 0 Å². The van der Waals surface area contributed by atoms with Crippen molar-refractivity contribution in [3.63, 3.8) is 0 Å². The SMILES string of the molecule is Cc1ccc(N=C2S[C@@H](CC(=O)O)C(=O)N2C2CCCCC2)cc1. The molecule has 0 spiro atoms. The minimum atomic E-state index is -0.943. The lowest BCUT2D eigenvalue weighted by molar-refractivity contribution is -0.139. The molecule has 1 saturated heterocycles. The number of aliphatic carboxylic acids is 1. The number of carbonyl (C=O) groups excluding carboxylic acids is 1. The maximum Gasteiger partial charge on any atom is 0.305 e. The average molecular weight is 346 g/mol. The second-order valence-corrected chi connectivity index (χ2v) is 7.60. The van der Waals surface area contributed by atoms with Gasteiger partial charge >= 0.3 is 5.97 Å². The van der Waals surface area contributed by atoms with Crippen molar-refractivity contribution in [2.45, 2.75) is 56.7 Å². The Labute approximate surface area is 146 Å². The predicted octanol–water partition coefficient (Wildman–Crippen LogP) is 3.73. The molecule has 1 aromatic carbocycles. The third-order valence-electron chi connectivity index (χ3n) is 4.53. The first kappa shape index (κ1) is 17.0. The Hall–Kier alpha value is -1.82. The van der Waals surface area contributed by atoms with Gasteiger partial charge in [-0.25, -0.2) is 4.99 Å². The zero-order chi connectivity index (χ0) is 17.1. The number of hydrogen-bond acceptors (Lipinski definition) is 4. The van der Waals surface area contributed by atoms with Crippen LogP contribution in [0.3, 0.4) is 0 Å². The Morgan fingerprint density at radius 3 is 2.54 bits per heavy atom. The van der Waals surface area contributed by atoms with E-state index in [4.69, 9.17) is 5.11 Å². The molecule has 0 radical (unpaired) electrons. The van der Waals surface area contributed by atoms with E-state index in [0.29, 0.717) is 5.17 Å². The number of nitrogens with zero attached hydrogens (tertiary/aromatic N) is 2. The summed E-state index contributed by atoms with van der Waals surface area (Å²) in [6.07, 6.45) is 5.22. The van der Waals surface area contributed by atoms with Crippen LogP contribution in [0.4, 0.5) is 5.69 Å². The van der Waals surface area contributed by atoms with Gasteiger partial charge in [0.1, 0.15) is 5.25 Å². The fourth-order valence-electron chi connectivity index (χ4n) is 3.26. The number of carbonyl (C=O) groups is 2. The monoisotopic (exact) mass is 346 g/mol. The lowest BCUT2D eigenvalue weighted by Gasteiger charge is -2.30. The lowest BCUT2D eigenvalue weighted by atomic mass is 9.94. The first-order valence-corrected chi connectivity index (χ1v) is 9.29. The number of hydrogen-bond donors (Lipinski definition) is 1. The Morgan fingerprint density at radius 1 is 1.25 bits per heavy atom. The molecule has 1 heterocycles. The van der Waals surface area contributed by atoms with Crippen molar-refractivity contribution in [2.24, 2.45) is 4.99 Å². The minimum absolute atomic E-state index is 0.0971. The molecular formula is C18H22N2O3S. The third kappa shape index (κ3) is 3.80. The van der Waals surface area contributed by atoms with Gasteiger partial charge in [0, 0.05) is 6.04 Å². The maximum atomic E-state index is 12.8. The van der Waals surface area contributed by atoms with E-state index in [0.717, 1.165) is 36.9 Å². The van der Waals surface area contributed by atoms with E-state index in [1.165, 1.54) is 18.2 Å². The van der Waals surface area contributed by atoms with Crippen LogP contribution in [0.25, 0.3) is 0 Å². The number of carboxylic acid groups (broad SMARTS) is 1. The molecular weight excluding hydrogens is 324 g/mol. The third-order valence-corrected chi connectivity index (χ3v) is 5.68. The van der Waals surface area contributed by atoms with Gasteiger partial charge in [-0.2, -0.15) is 0 Å². The molecule has 1 N–H and O–H groups in total. The van der Waals surface area contributed by atoms with E-state index >= 15 is 0 Å². The van der Waals surface area contributed by atoms with Crippen molar-refractivity contribution in [3.05, 3.63) is 29.8 Å². The Bertz CT molecular complexity index is 651. The van der Waals surface area contributed by atoms with Crippen molar-refractivity contribution in [3.8, 4) is 0 Å². The normalized spacial score (nSPS) is 23.9. The van der Waals surface area contributed by atoms with Gasteiger partial charge in [-0.3, -0.25) is 14.5 Å². The Balaban J connectivity index is 1.89. The molecule has 1 atom stereocenters. The number of amides is 1. The molecule has 5 nitrogen and oxygen atoms in total. The van der Waals surface area contributed by atoms with Gasteiger partial charge in [-0.15, -0.1) is 0 Å². The van der Waals surface area contributed by atoms with E-state index in [-0.39, 0.29) is 18.4 Å². The van der Waals surface area contributed by atoms with E-state index in [1.54, 1.807) is 4.90 Å². The highest BCUT2D eigenvalue weighted by Crippen LogP contribution is 2.36. The minimum Gasteiger partial charge on any atom is -0.481 e. The van der Waals surface area contributed by atoms with Crippen LogP contribution in [0.5, 0.6) is 0 Å². The first-order valence-electron chi connectivity index (χ1n) is 8.41. The molecule has 24 heavy (non-hydrogen) atoms. The van der Waals surface area contributed by atoms with E-state index < -0.39 is 11.2 Å². The van der Waals surface area contributed by atoms with Gasteiger partial charge in [0.2, 0.25) is 5.91 Å². The maximum absolute atomic E-state index is 12.8. The number of aliphatic imine (C=N–C) groups is 1. The topological polar surface area (TPSA) is 70.0 Å². The van der Waals surface area contributed by atoms with Crippen LogP contribution in [0.15, 0.2) is 29.3 Å². The summed E-state index contributed by atoms with van der Waals surface area (Å²) in [7, 11) is 0. The van der Waals surface area contributed by atoms with Crippen LogP contribution in [-0.4, -0.2) is 38.3 Å². The zero-order valence-electron chi connectivity index (χ0n) is 13.8. The van der Waals surface area contributed by atoms with Crippen LogP contribution in [0, 0.1) is 6.92 Å². The average Bonchev–Trinajstić information content (AvgIpc) is 2.85. The second kappa shape index (κ2) is 7.38. The summed E-state index contributed by atoms with van der Waals surface area (Å²) in [6, 6.07) is 7.98. The van der Waals surface area contributed by atoms with Crippen molar-refractivity contribution in [2.75, 3.05) is 0 Å². The summed E-state index contributed by atoms with van der Waals surface area (Å²) >= 11 is 1.29. The predicted molar refractivity (Wildman–Crippen MR) is 95.6 cm³/mol. The molecule has 1 saturated carbocycles. The molecule has 1 aliphatic carbocycles. The van der Waals surface area contributed by atoms with Crippen molar-refractivity contribution < 1.29 is 14.7 Å². The molecule has 2 aliphatic rings. The largest absolute Gasteiger partial charge is 0.481 e. The fourth-order valence-corrected chi connectivity index (χ4v) is 4.46. The van der Waals surface area contributed by atoms with Gasteiger partial charge in [0.05, 0.1) is 12.1 Å². The summed E-state index contributed by atoms with van der Waals surface area (Å²) in [6.45, 7) is 2.02. The molecule has 0 aromatic heterocycles. The molecule has 128 valence electrons. The summed E-state index contributed by atoms with van der Waals surface area (Å²) in [5.74, 6) is -1.04. The van der Waals surface area contributed by atoms with Crippen LogP contribution >= 0.6 is 11.8 Å². The van der Waals surface area contributed by atoms with E-state index in [9.17, 15) is 9.59 Å². The molecule has 0 unspecified atom stereocenters. The van der Waals surface area contributed by atoms with Crippen molar-refractivity contribution in [1.82, 2.24) is 4.90 Å². The number of benzene rings is 1. The zero-order valence-corrected chi connectivity index (χ0v) is 14.6. The number of carboxylic acids is 1. The molecule has 1 aromatic rings. The summed E-state index contributed by atoms with van der Waals surface area (Å²) in [4.78, 5) is 30.2. The van der Waals surface area contributed by atoms with Crippen LogP contribution in [-0.2, 0) is 9.59 Å². The van der Waals surface area contributed by atoms with Crippen LogP contribution in [0.2, 0.25) is 0 Å². The second-order valence-electron chi connectivity index (χ2n) is 6.43. The van der Waals surface area contributed by atoms with Gasteiger partial charge in [0.15, 0.2) is 5.17 Å². The van der Waals surface area contributed by atoms with Crippen molar-refractivity contribution in [1.29, 1.82) is 0 Å². The number of amidine groups is 1. The van der Waals surface area contributed by atoms with E-state index in [2.05, 4.69) is 4.99 Å². The standard InChI is InChI=1S/C18H22N2O3S/c1-12-7-9-13(10-8-12)19-18-20(14-5-3-2-4-6-14)17(23)15(24-18)11-16(21)22/h7-10,14-15H,2-6,11H2,1H3,(H,21,22)/t15-/m0/s1. The molecule has 6 heteroatoms. The van der Waals surface area contributed by atoms with Gasteiger partial charge < -0.3 is 5.11 Å². The summed E-state index contributed by atoms with van der Waals surface area (Å²) < 4.78 is 0. The number of rotatable bonds is 4. The lowest BCUT2D eigenvalue weighted by Crippen LogP contribution is -2.42. The first-order chi connectivity index (χ1) is 11.5. The van der Waals surface area contributed by atoms with Crippen LogP contribution in [0.1, 0.15) is 44.1 Å². The Morgan fingerprint density at radius 2 is 1.92 bits per heavy atom. The van der Waals surface area contributed by atoms with Gasteiger partial charge in [-0.05, 0) is 31.9 Å². The van der Waals surface area contributed by atoms with E-state index in [1.807, 2.05) is 31.2 Å². The number of thioether (sulfide) groups is 1. The van der Waals surface area contributed by atoms with Crippen LogP contribution < -0.4 is 0 Å².